The lowest BCUT2D eigenvalue weighted by Gasteiger charge is -2.08. The second-order valence-electron chi connectivity index (χ2n) is 4.76. The summed E-state index contributed by atoms with van der Waals surface area (Å²) in [6, 6.07) is 11.1. The Morgan fingerprint density at radius 3 is 2.62 bits per heavy atom. The van der Waals surface area contributed by atoms with E-state index in [2.05, 4.69) is 10.0 Å². The normalized spacial score (nSPS) is 11.7. The van der Waals surface area contributed by atoms with Crippen LogP contribution in [0, 0.1) is 0 Å². The number of hydrogen-bond acceptors (Lipinski definition) is 4. The van der Waals surface area contributed by atoms with E-state index in [4.69, 9.17) is 4.42 Å². The molecule has 0 radical (unpaired) electrons. The number of hydrogen-bond donors (Lipinski definition) is 2. The molecule has 2 rings (SSSR count). The van der Waals surface area contributed by atoms with Gasteiger partial charge in [0.25, 0.3) is 0 Å². The van der Waals surface area contributed by atoms with Crippen LogP contribution in [-0.2, 0) is 28.9 Å². The average Bonchev–Trinajstić information content (AvgIpc) is 2.96. The highest BCUT2D eigenvalue weighted by Gasteiger charge is 2.12. The third-order valence-corrected chi connectivity index (χ3v) is 4.27. The third-order valence-electron chi connectivity index (χ3n) is 2.97. The Kier molecular flexibility index (Phi) is 5.55. The van der Waals surface area contributed by atoms with Crippen LogP contribution < -0.4 is 10.0 Å². The second kappa shape index (κ2) is 7.40. The molecule has 1 heterocycles. The van der Waals surface area contributed by atoms with Crippen LogP contribution in [0.1, 0.15) is 23.8 Å². The van der Waals surface area contributed by atoms with Crippen molar-refractivity contribution in [3.63, 3.8) is 0 Å². The minimum Gasteiger partial charge on any atom is -0.468 e. The molecule has 6 heteroatoms. The molecule has 2 N–H and O–H groups in total. The van der Waals surface area contributed by atoms with E-state index in [9.17, 15) is 8.42 Å². The van der Waals surface area contributed by atoms with Gasteiger partial charge in [0, 0.05) is 6.54 Å². The van der Waals surface area contributed by atoms with Crippen LogP contribution in [0.2, 0.25) is 0 Å². The first kappa shape index (κ1) is 15.8. The van der Waals surface area contributed by atoms with Crippen molar-refractivity contribution < 1.29 is 12.8 Å². The van der Waals surface area contributed by atoms with Crippen LogP contribution in [0.5, 0.6) is 0 Å². The Bertz CT molecular complexity index is 651. The smallest absolute Gasteiger partial charge is 0.216 e. The molecular formula is C15H20N2O3S. The van der Waals surface area contributed by atoms with Crippen LogP contribution in [0.3, 0.4) is 0 Å². The van der Waals surface area contributed by atoms with Gasteiger partial charge in [-0.1, -0.05) is 31.2 Å². The highest BCUT2D eigenvalue weighted by Crippen LogP contribution is 2.09. The summed E-state index contributed by atoms with van der Waals surface area (Å²) in [4.78, 5) is 0. The topological polar surface area (TPSA) is 71.3 Å². The van der Waals surface area contributed by atoms with Crippen molar-refractivity contribution in [2.24, 2.45) is 0 Å². The molecule has 0 aliphatic rings. The van der Waals surface area contributed by atoms with E-state index < -0.39 is 10.0 Å². The summed E-state index contributed by atoms with van der Waals surface area (Å²) in [5.41, 5.74) is 1.85. The molecule has 21 heavy (non-hydrogen) atoms. The molecule has 1 aromatic heterocycles. The maximum absolute atomic E-state index is 12.1. The molecule has 0 saturated heterocycles. The molecule has 0 unspecified atom stereocenters. The molecule has 2 aromatic rings. The van der Waals surface area contributed by atoms with Crippen molar-refractivity contribution in [1.29, 1.82) is 0 Å². The highest BCUT2D eigenvalue weighted by molar-refractivity contribution is 7.88. The van der Waals surface area contributed by atoms with Crippen molar-refractivity contribution in [3.8, 4) is 0 Å². The monoisotopic (exact) mass is 308 g/mol. The van der Waals surface area contributed by atoms with Crippen molar-refractivity contribution in [3.05, 3.63) is 59.5 Å². The molecule has 5 nitrogen and oxygen atoms in total. The average molecular weight is 308 g/mol. The Labute approximate surface area is 125 Å². The summed E-state index contributed by atoms with van der Waals surface area (Å²) < 4.78 is 31.7. The van der Waals surface area contributed by atoms with E-state index >= 15 is 0 Å². The Balaban J connectivity index is 1.95. The van der Waals surface area contributed by atoms with Crippen molar-refractivity contribution >= 4 is 10.0 Å². The zero-order chi connectivity index (χ0) is 15.1. The first-order valence-corrected chi connectivity index (χ1v) is 8.52. The minimum atomic E-state index is -3.38. The van der Waals surface area contributed by atoms with E-state index in [-0.39, 0.29) is 12.3 Å². The van der Waals surface area contributed by atoms with Crippen LogP contribution >= 0.6 is 0 Å². The SMILES string of the molecule is CCNCc1cccc(CS(=O)(=O)NCc2ccco2)c1. The van der Waals surface area contributed by atoms with Crippen LogP contribution in [-0.4, -0.2) is 15.0 Å². The summed E-state index contributed by atoms with van der Waals surface area (Å²) in [6.45, 7) is 3.83. The molecule has 0 bridgehead atoms. The Hall–Kier alpha value is -1.63. The molecule has 1 aromatic carbocycles. The molecule has 0 spiro atoms. The van der Waals surface area contributed by atoms with E-state index in [0.717, 1.165) is 24.2 Å². The van der Waals surface area contributed by atoms with Gasteiger partial charge in [0.05, 0.1) is 18.6 Å². The quantitative estimate of drug-likeness (QED) is 0.782. The lowest BCUT2D eigenvalue weighted by molar-refractivity contribution is 0.498. The van der Waals surface area contributed by atoms with Gasteiger partial charge in [0.1, 0.15) is 5.76 Å². The van der Waals surface area contributed by atoms with Gasteiger partial charge in [0.2, 0.25) is 10.0 Å². The maximum atomic E-state index is 12.1. The highest BCUT2D eigenvalue weighted by atomic mass is 32.2. The molecule has 0 atom stereocenters. The van der Waals surface area contributed by atoms with Gasteiger partial charge >= 0.3 is 0 Å². The summed E-state index contributed by atoms with van der Waals surface area (Å²) in [5, 5.41) is 3.22. The molecule has 114 valence electrons. The van der Waals surface area contributed by atoms with Gasteiger partial charge in [-0.25, -0.2) is 13.1 Å². The van der Waals surface area contributed by atoms with Gasteiger partial charge in [-0.15, -0.1) is 0 Å². The fraction of sp³-hybridized carbons (Fsp3) is 0.333. The predicted octanol–water partition coefficient (Wildman–Crippen LogP) is 2.01. The van der Waals surface area contributed by atoms with Crippen molar-refractivity contribution in [2.45, 2.75) is 25.8 Å². The van der Waals surface area contributed by atoms with Gasteiger partial charge in [-0.05, 0) is 29.8 Å². The Morgan fingerprint density at radius 1 is 1.10 bits per heavy atom. The van der Waals surface area contributed by atoms with E-state index in [1.807, 2.05) is 31.2 Å². The number of benzene rings is 1. The lowest BCUT2D eigenvalue weighted by Crippen LogP contribution is -2.24. The fourth-order valence-electron chi connectivity index (χ4n) is 1.96. The summed E-state index contributed by atoms with van der Waals surface area (Å²) >= 11 is 0. The third kappa shape index (κ3) is 5.34. The first-order valence-electron chi connectivity index (χ1n) is 6.87. The molecular weight excluding hydrogens is 288 g/mol. The number of nitrogens with one attached hydrogen (secondary N) is 2. The van der Waals surface area contributed by atoms with E-state index in [0.29, 0.717) is 5.76 Å². The molecule has 0 saturated carbocycles. The largest absolute Gasteiger partial charge is 0.468 e. The summed E-state index contributed by atoms with van der Waals surface area (Å²) in [6.07, 6.45) is 1.52. The Morgan fingerprint density at radius 2 is 1.90 bits per heavy atom. The zero-order valence-electron chi connectivity index (χ0n) is 12.0. The zero-order valence-corrected chi connectivity index (χ0v) is 12.8. The molecule has 0 aliphatic carbocycles. The summed E-state index contributed by atoms with van der Waals surface area (Å²) in [7, 11) is -3.38. The van der Waals surface area contributed by atoms with Gasteiger partial charge in [-0.2, -0.15) is 0 Å². The van der Waals surface area contributed by atoms with Crippen LogP contribution in [0.25, 0.3) is 0 Å². The van der Waals surface area contributed by atoms with Crippen molar-refractivity contribution in [2.75, 3.05) is 6.54 Å². The van der Waals surface area contributed by atoms with Gasteiger partial charge in [-0.3, -0.25) is 0 Å². The number of furan rings is 1. The fourth-order valence-corrected chi connectivity index (χ4v) is 3.05. The van der Waals surface area contributed by atoms with Crippen LogP contribution in [0.15, 0.2) is 47.1 Å². The van der Waals surface area contributed by atoms with E-state index in [1.54, 1.807) is 12.1 Å². The maximum Gasteiger partial charge on any atom is 0.216 e. The second-order valence-corrected chi connectivity index (χ2v) is 6.57. The molecule has 0 aliphatic heterocycles. The predicted molar refractivity (Wildman–Crippen MR) is 82.0 cm³/mol. The lowest BCUT2D eigenvalue weighted by atomic mass is 10.1. The van der Waals surface area contributed by atoms with Crippen molar-refractivity contribution in [1.82, 2.24) is 10.0 Å². The first-order chi connectivity index (χ1) is 10.1. The van der Waals surface area contributed by atoms with Gasteiger partial charge < -0.3 is 9.73 Å². The number of sulfonamides is 1. The minimum absolute atomic E-state index is 0.0341. The number of rotatable bonds is 8. The summed E-state index contributed by atoms with van der Waals surface area (Å²) in [5.74, 6) is 0.563. The standard InChI is InChI=1S/C15H20N2O3S/c1-2-16-10-13-5-3-6-14(9-13)12-21(18,19)17-11-15-7-4-8-20-15/h3-9,16-17H,2,10-12H2,1H3. The molecule has 0 amide bonds. The van der Waals surface area contributed by atoms with Crippen LogP contribution in [0.4, 0.5) is 0 Å². The molecule has 0 fully saturated rings. The van der Waals surface area contributed by atoms with Gasteiger partial charge in [0.15, 0.2) is 0 Å². The van der Waals surface area contributed by atoms with E-state index in [1.165, 1.54) is 6.26 Å².